The van der Waals surface area contributed by atoms with Crippen LogP contribution in [0.5, 0.6) is 0 Å². The molecule has 0 saturated carbocycles. The van der Waals surface area contributed by atoms with Gasteiger partial charge in [0.15, 0.2) is 0 Å². The number of carbonyl (C=O) groups is 2. The lowest BCUT2D eigenvalue weighted by molar-refractivity contribution is -0.140. The lowest BCUT2D eigenvalue weighted by Gasteiger charge is -2.32. The minimum atomic E-state index is -0.786. The zero-order valence-corrected chi connectivity index (χ0v) is 39.0. The number of esters is 2. The number of hydrogen-bond acceptors (Lipinski definition) is 18. The summed E-state index contributed by atoms with van der Waals surface area (Å²) in [7, 11) is 3.23. The van der Waals surface area contributed by atoms with E-state index in [1.54, 1.807) is 14.2 Å². The van der Waals surface area contributed by atoms with Crippen LogP contribution < -0.4 is 0 Å². The van der Waals surface area contributed by atoms with E-state index in [-0.39, 0.29) is 49.4 Å². The normalized spacial score (nSPS) is 20.2. The lowest BCUT2D eigenvalue weighted by atomic mass is 9.86. The van der Waals surface area contributed by atoms with E-state index in [9.17, 15) is 30.6 Å². The monoisotopic (exact) mass is 920 g/mol. The molecule has 4 rings (SSSR count). The second kappa shape index (κ2) is 31.9. The number of rotatable bonds is 31. The molecular formula is C48H68N6O12. The highest BCUT2D eigenvalue weighted by Crippen LogP contribution is 2.38. The molecule has 18 heteroatoms. The fraction of sp³-hybridized carbons (Fsp3) is 0.708. The second-order valence-electron chi connectivity index (χ2n) is 16.1. The van der Waals surface area contributed by atoms with Gasteiger partial charge in [-0.15, -0.1) is 0 Å². The zero-order valence-electron chi connectivity index (χ0n) is 39.0. The molecule has 0 aromatic carbocycles. The minimum Gasteiger partial charge on any atom is -0.462 e. The number of allylic oxidation sites excluding steroid dienone is 2. The van der Waals surface area contributed by atoms with E-state index in [1.165, 1.54) is 0 Å². The largest absolute Gasteiger partial charge is 0.462 e. The molecule has 2 aliphatic carbocycles. The summed E-state index contributed by atoms with van der Waals surface area (Å²) in [6, 6.07) is 8.59. The van der Waals surface area contributed by atoms with Gasteiger partial charge in [-0.3, -0.25) is 0 Å². The Bertz CT molecular complexity index is 1710. The van der Waals surface area contributed by atoms with Crippen LogP contribution >= 0.6 is 0 Å². The molecular weight excluding hydrogens is 853 g/mol. The number of likely N-dealkylation sites (tertiary alicyclic amines) is 2. The Morgan fingerprint density at radius 1 is 0.485 bits per heavy atom. The Hall–Kier alpha value is -4.86. The molecule has 2 aliphatic heterocycles. The van der Waals surface area contributed by atoms with E-state index >= 15 is 0 Å². The fourth-order valence-corrected chi connectivity index (χ4v) is 8.27. The Kier molecular flexibility index (Phi) is 26.0. The van der Waals surface area contributed by atoms with Crippen molar-refractivity contribution in [2.24, 2.45) is 0 Å². The maximum atomic E-state index is 13.4. The zero-order chi connectivity index (χ0) is 47.2. The molecule has 2 heterocycles. The second-order valence-corrected chi connectivity index (χ2v) is 16.1. The number of nitriles is 4. The molecule has 362 valence electrons. The maximum absolute atomic E-state index is 13.4. The van der Waals surface area contributed by atoms with Crippen LogP contribution in [0.3, 0.4) is 0 Å². The summed E-state index contributed by atoms with van der Waals surface area (Å²) in [5.74, 6) is -1.57. The van der Waals surface area contributed by atoms with Gasteiger partial charge in [0, 0.05) is 77.5 Å². The van der Waals surface area contributed by atoms with Crippen molar-refractivity contribution in [3.05, 3.63) is 44.8 Å². The van der Waals surface area contributed by atoms with Crippen molar-refractivity contribution in [2.75, 3.05) is 133 Å². The maximum Gasteiger partial charge on any atom is 0.349 e. The minimum absolute atomic E-state index is 0.0556. The summed E-state index contributed by atoms with van der Waals surface area (Å²) in [6.07, 6.45) is 6.92. The summed E-state index contributed by atoms with van der Waals surface area (Å²) in [5.41, 5.74) is 2.52. The summed E-state index contributed by atoms with van der Waals surface area (Å²) in [5, 5.41) is 40.9. The third-order valence-electron chi connectivity index (χ3n) is 11.6. The van der Waals surface area contributed by atoms with E-state index < -0.39 is 11.9 Å². The quantitative estimate of drug-likeness (QED) is 0.0396. The van der Waals surface area contributed by atoms with E-state index in [0.29, 0.717) is 140 Å². The Balaban J connectivity index is 1.26. The number of unbranched alkanes of at least 4 members (excludes halogenated alkanes) is 3. The molecule has 0 N–H and O–H groups in total. The molecule has 2 saturated heterocycles. The predicted octanol–water partition coefficient (Wildman–Crippen LogP) is 4.74. The molecule has 2 unspecified atom stereocenters. The molecule has 0 aromatic heterocycles. The van der Waals surface area contributed by atoms with Crippen LogP contribution in [0.25, 0.3) is 0 Å². The highest BCUT2D eigenvalue weighted by atomic mass is 16.6. The van der Waals surface area contributed by atoms with Crippen LogP contribution in [0, 0.1) is 45.3 Å². The average molecular weight is 921 g/mol. The van der Waals surface area contributed by atoms with Gasteiger partial charge in [-0.25, -0.2) is 9.59 Å². The fourth-order valence-electron chi connectivity index (χ4n) is 8.27. The smallest absolute Gasteiger partial charge is 0.349 e. The molecule has 2 fully saturated rings. The highest BCUT2D eigenvalue weighted by Gasteiger charge is 2.35. The molecule has 0 aromatic rings. The van der Waals surface area contributed by atoms with Crippen molar-refractivity contribution in [1.82, 2.24) is 9.80 Å². The third-order valence-corrected chi connectivity index (χ3v) is 11.6. The van der Waals surface area contributed by atoms with Crippen molar-refractivity contribution in [1.29, 1.82) is 21.0 Å². The summed E-state index contributed by atoms with van der Waals surface area (Å²) >= 11 is 0. The molecule has 66 heavy (non-hydrogen) atoms. The van der Waals surface area contributed by atoms with Gasteiger partial charge in [-0.2, -0.15) is 21.0 Å². The van der Waals surface area contributed by atoms with Crippen LogP contribution in [0.1, 0.15) is 77.0 Å². The van der Waals surface area contributed by atoms with Crippen LogP contribution in [0.2, 0.25) is 0 Å². The van der Waals surface area contributed by atoms with Crippen molar-refractivity contribution in [2.45, 2.75) is 89.3 Å². The summed E-state index contributed by atoms with van der Waals surface area (Å²) in [4.78, 5) is 31.0. The first-order chi connectivity index (χ1) is 32.4. The van der Waals surface area contributed by atoms with E-state index in [1.807, 2.05) is 12.1 Å². The van der Waals surface area contributed by atoms with Crippen molar-refractivity contribution in [3.8, 4) is 24.3 Å². The Morgan fingerprint density at radius 3 is 1.17 bits per heavy atom. The SMILES string of the molecule is COCCOCCOCCOC1CC(N2CCCC2)=C(C#N)/C(=C(\C#N)C(=O)OCCCCCCOC(=O)/C(C#N)=C2\CC(OCCOCCOCCOC)CC(N3CCCC3)=C2C#N)C1. The van der Waals surface area contributed by atoms with Gasteiger partial charge in [0.2, 0.25) is 0 Å². The van der Waals surface area contributed by atoms with Crippen molar-refractivity contribution in [3.63, 3.8) is 0 Å². The number of nitrogens with zero attached hydrogens (tertiary/aromatic N) is 6. The number of carbonyl (C=O) groups excluding carboxylic acids is 2. The first-order valence-corrected chi connectivity index (χ1v) is 23.3. The van der Waals surface area contributed by atoms with Gasteiger partial charge in [-0.1, -0.05) is 0 Å². The molecule has 0 amide bonds. The Morgan fingerprint density at radius 2 is 0.833 bits per heavy atom. The van der Waals surface area contributed by atoms with Crippen LogP contribution in [-0.4, -0.2) is 167 Å². The molecule has 4 aliphatic rings. The number of methoxy groups -OCH3 is 2. The molecule has 0 bridgehead atoms. The van der Waals surface area contributed by atoms with Crippen LogP contribution in [0.4, 0.5) is 0 Å². The molecule has 0 radical (unpaired) electrons. The van der Waals surface area contributed by atoms with Gasteiger partial charge in [0.1, 0.15) is 35.4 Å². The van der Waals surface area contributed by atoms with Gasteiger partial charge in [0.05, 0.1) is 116 Å². The average Bonchev–Trinajstić information content (AvgIpc) is 4.08. The van der Waals surface area contributed by atoms with Crippen molar-refractivity contribution < 1.29 is 57.0 Å². The standard InChI is InChI=1S/C48H68N6O12/c1-57-17-19-59-21-23-61-25-27-63-37-29-39(41(33-49)45(31-37)53-11-5-6-12-53)43(35-51)47(55)65-15-9-3-4-10-16-66-48(56)44(36-52)40-30-38(64-28-26-62-24-22-60-20-18-58-2)32-46(42(40)34-50)54-13-7-8-14-54/h37-38H,3-32H2,1-2H3/b43-39+,44-40+. The topological polar surface area (TPSA) is 228 Å². The third kappa shape index (κ3) is 17.7. The molecule has 2 atom stereocenters. The first kappa shape index (κ1) is 53.8. The predicted molar refractivity (Wildman–Crippen MR) is 238 cm³/mol. The highest BCUT2D eigenvalue weighted by molar-refractivity contribution is 5.95. The molecule has 0 spiro atoms. The lowest BCUT2D eigenvalue weighted by Crippen LogP contribution is -2.31. The van der Waals surface area contributed by atoms with E-state index in [2.05, 4.69) is 21.9 Å². The summed E-state index contributed by atoms with van der Waals surface area (Å²) < 4.78 is 55.5. The number of ether oxygens (including phenoxy) is 10. The molecule has 18 nitrogen and oxygen atoms in total. The van der Waals surface area contributed by atoms with Gasteiger partial charge < -0.3 is 57.2 Å². The van der Waals surface area contributed by atoms with Crippen LogP contribution in [0.15, 0.2) is 44.8 Å². The Labute approximate surface area is 390 Å². The van der Waals surface area contributed by atoms with Gasteiger partial charge >= 0.3 is 11.9 Å². The van der Waals surface area contributed by atoms with E-state index in [4.69, 9.17) is 47.4 Å². The van der Waals surface area contributed by atoms with Gasteiger partial charge in [-0.05, 0) is 62.5 Å². The van der Waals surface area contributed by atoms with Gasteiger partial charge in [0.25, 0.3) is 0 Å². The van der Waals surface area contributed by atoms with Crippen LogP contribution in [-0.2, 0) is 57.0 Å². The first-order valence-electron chi connectivity index (χ1n) is 23.3. The summed E-state index contributed by atoms with van der Waals surface area (Å²) in [6.45, 7) is 8.24. The number of hydrogen-bond donors (Lipinski definition) is 0. The van der Waals surface area contributed by atoms with E-state index in [0.717, 1.165) is 63.3 Å². The van der Waals surface area contributed by atoms with Crippen molar-refractivity contribution >= 4 is 11.9 Å².